The van der Waals surface area contributed by atoms with Crippen LogP contribution in [0.15, 0.2) is 36.4 Å². The van der Waals surface area contributed by atoms with Gasteiger partial charge in [-0.15, -0.1) is 0 Å². The summed E-state index contributed by atoms with van der Waals surface area (Å²) in [5.41, 5.74) is -0.355. The summed E-state index contributed by atoms with van der Waals surface area (Å²) in [7, 11) is 0. The van der Waals surface area contributed by atoms with Crippen LogP contribution in [0.2, 0.25) is 10.0 Å². The molecule has 1 nitrogen and oxygen atoms in total. The van der Waals surface area contributed by atoms with E-state index in [1.165, 1.54) is 12.1 Å². The van der Waals surface area contributed by atoms with Crippen LogP contribution in [0, 0.1) is 0 Å². The van der Waals surface area contributed by atoms with Crippen LogP contribution in [0.5, 0.6) is 5.75 Å². The Balaban J connectivity index is 2.02. The molecular formula is C17H12Cl2F6O. The first-order valence-electron chi connectivity index (χ1n) is 7.29. The van der Waals surface area contributed by atoms with Crippen molar-refractivity contribution < 1.29 is 31.1 Å². The third-order valence-corrected chi connectivity index (χ3v) is 4.07. The third-order valence-electron chi connectivity index (χ3n) is 3.42. The predicted molar refractivity (Wildman–Crippen MR) is 86.9 cm³/mol. The van der Waals surface area contributed by atoms with Crippen molar-refractivity contribution in [3.8, 4) is 5.75 Å². The Morgan fingerprint density at radius 2 is 1.46 bits per heavy atom. The van der Waals surface area contributed by atoms with E-state index in [0.717, 1.165) is 24.3 Å². The molecule has 0 fully saturated rings. The molecule has 0 atom stereocenters. The summed E-state index contributed by atoms with van der Waals surface area (Å²) in [4.78, 5) is 0. The molecule has 2 aromatic rings. The lowest BCUT2D eigenvalue weighted by atomic mass is 10.1. The first-order valence-corrected chi connectivity index (χ1v) is 8.05. The van der Waals surface area contributed by atoms with Crippen molar-refractivity contribution in [2.45, 2.75) is 25.2 Å². The fraction of sp³-hybridized carbons (Fsp3) is 0.294. The standard InChI is InChI=1S/C17H12Cl2F6O/c18-13-8-14(19)15(7-11(13)9-16(20,21)22)26-6-5-10-1-3-12(4-2-10)17(23,24)25/h1-4,7-8H,5-6,9H2. The van der Waals surface area contributed by atoms with Crippen molar-refractivity contribution in [2.24, 2.45) is 0 Å². The summed E-state index contributed by atoms with van der Waals surface area (Å²) in [6, 6.07) is 6.80. The van der Waals surface area contributed by atoms with Gasteiger partial charge in [-0.1, -0.05) is 35.3 Å². The Morgan fingerprint density at radius 3 is 2.00 bits per heavy atom. The van der Waals surface area contributed by atoms with Gasteiger partial charge in [0.05, 0.1) is 23.6 Å². The van der Waals surface area contributed by atoms with Crippen LogP contribution in [-0.4, -0.2) is 12.8 Å². The maximum Gasteiger partial charge on any atom is 0.416 e. The Kier molecular flexibility index (Phi) is 6.34. The normalized spacial score (nSPS) is 12.3. The highest BCUT2D eigenvalue weighted by atomic mass is 35.5. The molecule has 0 heterocycles. The second-order valence-corrected chi connectivity index (χ2v) is 6.27. The molecule has 0 aliphatic heterocycles. The number of alkyl halides is 6. The summed E-state index contributed by atoms with van der Waals surface area (Å²) >= 11 is 11.7. The lowest BCUT2D eigenvalue weighted by Crippen LogP contribution is -2.12. The van der Waals surface area contributed by atoms with E-state index in [1.54, 1.807) is 0 Å². The van der Waals surface area contributed by atoms with E-state index in [2.05, 4.69) is 0 Å². The third kappa shape index (κ3) is 5.99. The fourth-order valence-electron chi connectivity index (χ4n) is 2.17. The molecule has 9 heteroatoms. The molecule has 0 bridgehead atoms. The van der Waals surface area contributed by atoms with Gasteiger partial charge in [-0.05, 0) is 35.4 Å². The van der Waals surface area contributed by atoms with E-state index in [9.17, 15) is 26.3 Å². The highest BCUT2D eigenvalue weighted by Crippen LogP contribution is 2.34. The van der Waals surface area contributed by atoms with Crippen LogP contribution in [0.4, 0.5) is 26.3 Å². The Labute approximate surface area is 155 Å². The molecule has 2 aromatic carbocycles. The Hall–Kier alpha value is -1.60. The summed E-state index contributed by atoms with van der Waals surface area (Å²) in [6.45, 7) is 0.0260. The van der Waals surface area contributed by atoms with Gasteiger partial charge < -0.3 is 4.74 Å². The Morgan fingerprint density at radius 1 is 0.846 bits per heavy atom. The zero-order chi connectivity index (χ0) is 19.5. The van der Waals surface area contributed by atoms with Crippen molar-refractivity contribution in [3.63, 3.8) is 0 Å². The summed E-state index contributed by atoms with van der Waals surface area (Å²) < 4.78 is 80.4. The van der Waals surface area contributed by atoms with Gasteiger partial charge in [0.25, 0.3) is 0 Å². The molecule has 0 radical (unpaired) electrons. The van der Waals surface area contributed by atoms with Gasteiger partial charge in [0, 0.05) is 11.4 Å². The van der Waals surface area contributed by atoms with E-state index < -0.39 is 24.3 Å². The smallest absolute Gasteiger partial charge is 0.416 e. The number of halogens is 8. The van der Waals surface area contributed by atoms with Gasteiger partial charge in [0.2, 0.25) is 0 Å². The second kappa shape index (κ2) is 7.96. The molecule has 26 heavy (non-hydrogen) atoms. The van der Waals surface area contributed by atoms with Crippen molar-refractivity contribution in [3.05, 3.63) is 63.1 Å². The number of benzene rings is 2. The van der Waals surface area contributed by atoms with Gasteiger partial charge in [-0.2, -0.15) is 26.3 Å². The summed E-state index contributed by atoms with van der Waals surface area (Å²) in [6.07, 6.45) is -9.82. The number of hydrogen-bond acceptors (Lipinski definition) is 1. The summed E-state index contributed by atoms with van der Waals surface area (Å²) in [5, 5.41) is -0.0734. The minimum atomic E-state index is -4.44. The molecule has 142 valence electrons. The van der Waals surface area contributed by atoms with Crippen LogP contribution >= 0.6 is 23.2 Å². The van der Waals surface area contributed by atoms with Gasteiger partial charge in [0.1, 0.15) is 5.75 Å². The minimum Gasteiger partial charge on any atom is -0.492 e. The highest BCUT2D eigenvalue weighted by Gasteiger charge is 2.30. The van der Waals surface area contributed by atoms with E-state index in [4.69, 9.17) is 27.9 Å². The minimum absolute atomic E-state index is 0.0260. The second-order valence-electron chi connectivity index (χ2n) is 5.46. The number of ether oxygens (including phenoxy) is 1. The molecule has 0 aromatic heterocycles. The van der Waals surface area contributed by atoms with Crippen molar-refractivity contribution >= 4 is 23.2 Å². The van der Waals surface area contributed by atoms with Crippen LogP contribution in [-0.2, 0) is 19.0 Å². The highest BCUT2D eigenvalue weighted by molar-refractivity contribution is 6.36. The maximum absolute atomic E-state index is 12.5. The zero-order valence-corrected chi connectivity index (χ0v) is 14.5. The lowest BCUT2D eigenvalue weighted by molar-refractivity contribution is -0.137. The average molecular weight is 417 g/mol. The molecule has 0 spiro atoms. The van der Waals surface area contributed by atoms with Gasteiger partial charge >= 0.3 is 12.4 Å². The van der Waals surface area contributed by atoms with Crippen LogP contribution in [0.3, 0.4) is 0 Å². The Bertz CT molecular complexity index is 754. The largest absolute Gasteiger partial charge is 0.492 e. The molecule has 0 unspecified atom stereocenters. The van der Waals surface area contributed by atoms with E-state index >= 15 is 0 Å². The van der Waals surface area contributed by atoms with Gasteiger partial charge in [0.15, 0.2) is 0 Å². The van der Waals surface area contributed by atoms with Crippen molar-refractivity contribution in [1.29, 1.82) is 0 Å². The first-order chi connectivity index (χ1) is 12.0. The zero-order valence-electron chi connectivity index (χ0n) is 13.0. The molecule has 2 rings (SSSR count). The lowest BCUT2D eigenvalue weighted by Gasteiger charge is -2.13. The molecular weight excluding hydrogens is 405 g/mol. The summed E-state index contributed by atoms with van der Waals surface area (Å²) in [5.74, 6) is 0.0298. The SMILES string of the molecule is FC(F)(F)Cc1cc(OCCc2ccc(C(F)(F)F)cc2)c(Cl)cc1Cl. The quantitative estimate of drug-likeness (QED) is 0.490. The van der Waals surface area contributed by atoms with Crippen molar-refractivity contribution in [1.82, 2.24) is 0 Å². The van der Waals surface area contributed by atoms with Crippen LogP contribution < -0.4 is 4.74 Å². The van der Waals surface area contributed by atoms with Crippen molar-refractivity contribution in [2.75, 3.05) is 6.61 Å². The predicted octanol–water partition coefficient (Wildman–Crippen LogP) is 6.74. The van der Waals surface area contributed by atoms with E-state index in [1.807, 2.05) is 0 Å². The van der Waals surface area contributed by atoms with Gasteiger partial charge in [-0.25, -0.2) is 0 Å². The number of hydrogen-bond donors (Lipinski definition) is 0. The average Bonchev–Trinajstić information content (AvgIpc) is 2.50. The monoisotopic (exact) mass is 416 g/mol. The number of rotatable bonds is 5. The first kappa shape index (κ1) is 20.7. The molecule has 0 amide bonds. The molecule has 0 aliphatic carbocycles. The van der Waals surface area contributed by atoms with E-state index in [-0.39, 0.29) is 34.4 Å². The van der Waals surface area contributed by atoms with Crippen LogP contribution in [0.25, 0.3) is 0 Å². The van der Waals surface area contributed by atoms with Crippen LogP contribution in [0.1, 0.15) is 16.7 Å². The molecule has 0 saturated heterocycles. The molecule has 0 aliphatic rings. The van der Waals surface area contributed by atoms with Gasteiger partial charge in [-0.3, -0.25) is 0 Å². The maximum atomic E-state index is 12.5. The molecule has 0 saturated carbocycles. The van der Waals surface area contributed by atoms with E-state index in [0.29, 0.717) is 5.56 Å². The fourth-order valence-corrected chi connectivity index (χ4v) is 2.68. The molecule has 0 N–H and O–H groups in total. The topological polar surface area (TPSA) is 9.23 Å².